The van der Waals surface area contributed by atoms with Gasteiger partial charge >= 0.3 is 5.97 Å². The minimum Gasteiger partial charge on any atom is -0.467 e. The van der Waals surface area contributed by atoms with Gasteiger partial charge in [-0.05, 0) is 18.2 Å². The molecule has 0 spiro atoms. The number of esters is 1. The SMILES string of the molecule is COC(=O)C(O)CNC(=O)c1ccc(N)c(F)c1. The molecule has 1 atom stereocenters. The van der Waals surface area contributed by atoms with Crippen molar-refractivity contribution in [2.24, 2.45) is 0 Å². The van der Waals surface area contributed by atoms with E-state index in [0.717, 1.165) is 13.2 Å². The van der Waals surface area contributed by atoms with Crippen LogP contribution in [0.5, 0.6) is 0 Å². The number of halogens is 1. The number of nitrogens with two attached hydrogens (primary N) is 1. The highest BCUT2D eigenvalue weighted by Gasteiger charge is 2.17. The number of amides is 1. The van der Waals surface area contributed by atoms with E-state index in [1.165, 1.54) is 12.1 Å². The number of nitrogen functional groups attached to an aromatic ring is 1. The van der Waals surface area contributed by atoms with Gasteiger partial charge in [0, 0.05) is 5.56 Å². The normalized spacial score (nSPS) is 11.7. The molecule has 1 aromatic rings. The molecule has 0 fully saturated rings. The first-order chi connectivity index (χ1) is 8.45. The predicted octanol–water partition coefficient (Wildman–Crippen LogP) is -0.328. The average Bonchev–Trinajstić information content (AvgIpc) is 2.37. The summed E-state index contributed by atoms with van der Waals surface area (Å²) < 4.78 is 17.4. The van der Waals surface area contributed by atoms with E-state index in [0.29, 0.717) is 0 Å². The first-order valence-corrected chi connectivity index (χ1v) is 5.04. The van der Waals surface area contributed by atoms with Crippen LogP contribution < -0.4 is 11.1 Å². The maximum Gasteiger partial charge on any atom is 0.336 e. The number of carbonyl (C=O) groups excluding carboxylic acids is 2. The van der Waals surface area contributed by atoms with Crippen LogP contribution in [0.3, 0.4) is 0 Å². The summed E-state index contributed by atoms with van der Waals surface area (Å²) in [5.74, 6) is -2.20. The molecule has 18 heavy (non-hydrogen) atoms. The lowest BCUT2D eigenvalue weighted by atomic mass is 10.2. The monoisotopic (exact) mass is 256 g/mol. The van der Waals surface area contributed by atoms with Crippen LogP contribution in [0.15, 0.2) is 18.2 Å². The van der Waals surface area contributed by atoms with E-state index in [9.17, 15) is 19.1 Å². The van der Waals surface area contributed by atoms with Gasteiger partial charge in [0.2, 0.25) is 0 Å². The second-order valence-electron chi connectivity index (χ2n) is 3.49. The maximum atomic E-state index is 13.1. The van der Waals surface area contributed by atoms with Crippen LogP contribution in [0, 0.1) is 5.82 Å². The van der Waals surface area contributed by atoms with E-state index in [4.69, 9.17) is 5.73 Å². The Morgan fingerprint density at radius 3 is 2.78 bits per heavy atom. The van der Waals surface area contributed by atoms with Crippen molar-refractivity contribution in [1.82, 2.24) is 5.32 Å². The second kappa shape index (κ2) is 5.97. The molecule has 4 N–H and O–H groups in total. The van der Waals surface area contributed by atoms with E-state index in [1.807, 2.05) is 0 Å². The van der Waals surface area contributed by atoms with Gasteiger partial charge < -0.3 is 20.9 Å². The Morgan fingerprint density at radius 1 is 1.56 bits per heavy atom. The van der Waals surface area contributed by atoms with Crippen LogP contribution in [0.4, 0.5) is 10.1 Å². The lowest BCUT2D eigenvalue weighted by molar-refractivity contribution is -0.149. The molecule has 98 valence electrons. The molecule has 7 heteroatoms. The highest BCUT2D eigenvalue weighted by Crippen LogP contribution is 2.11. The lowest BCUT2D eigenvalue weighted by Crippen LogP contribution is -2.37. The van der Waals surface area contributed by atoms with Gasteiger partial charge in [0.1, 0.15) is 5.82 Å². The molecule has 1 unspecified atom stereocenters. The summed E-state index contributed by atoms with van der Waals surface area (Å²) in [5.41, 5.74) is 5.23. The molecule has 0 aliphatic rings. The quantitative estimate of drug-likeness (QED) is 0.506. The number of aliphatic hydroxyl groups excluding tert-OH is 1. The van der Waals surface area contributed by atoms with Gasteiger partial charge in [-0.25, -0.2) is 9.18 Å². The van der Waals surface area contributed by atoms with Crippen molar-refractivity contribution >= 4 is 17.6 Å². The molecule has 1 aromatic carbocycles. The fraction of sp³-hybridized carbons (Fsp3) is 0.273. The van der Waals surface area contributed by atoms with E-state index >= 15 is 0 Å². The van der Waals surface area contributed by atoms with E-state index in [2.05, 4.69) is 10.1 Å². The third-order valence-electron chi connectivity index (χ3n) is 2.19. The Hall–Kier alpha value is -2.15. The number of methoxy groups -OCH3 is 1. The van der Waals surface area contributed by atoms with Crippen molar-refractivity contribution < 1.29 is 23.8 Å². The Bertz CT molecular complexity index is 464. The highest BCUT2D eigenvalue weighted by molar-refractivity contribution is 5.94. The number of ether oxygens (including phenoxy) is 1. The molecular formula is C11H13FN2O4. The first kappa shape index (κ1) is 13.9. The van der Waals surface area contributed by atoms with Gasteiger partial charge in [-0.3, -0.25) is 4.79 Å². The third kappa shape index (κ3) is 3.42. The maximum absolute atomic E-state index is 13.1. The summed E-state index contributed by atoms with van der Waals surface area (Å²) in [6, 6.07) is 3.55. The Kier molecular flexibility index (Phi) is 4.61. The lowest BCUT2D eigenvalue weighted by Gasteiger charge is -2.10. The van der Waals surface area contributed by atoms with Crippen LogP contribution in [0.1, 0.15) is 10.4 Å². The molecule has 0 aromatic heterocycles. The number of nitrogens with one attached hydrogen (secondary N) is 1. The Labute approximate surface area is 103 Å². The summed E-state index contributed by atoms with van der Waals surface area (Å²) in [7, 11) is 1.11. The van der Waals surface area contributed by atoms with Gasteiger partial charge in [-0.15, -0.1) is 0 Å². The Morgan fingerprint density at radius 2 is 2.22 bits per heavy atom. The fourth-order valence-electron chi connectivity index (χ4n) is 1.18. The smallest absolute Gasteiger partial charge is 0.336 e. The summed E-state index contributed by atoms with van der Waals surface area (Å²) >= 11 is 0. The minimum atomic E-state index is -1.46. The molecule has 0 heterocycles. The number of hydrogen-bond donors (Lipinski definition) is 3. The highest BCUT2D eigenvalue weighted by atomic mass is 19.1. The number of carbonyl (C=O) groups is 2. The molecule has 0 aliphatic carbocycles. The molecule has 0 saturated heterocycles. The number of hydrogen-bond acceptors (Lipinski definition) is 5. The standard InChI is InChI=1S/C11H13FN2O4/c1-18-11(17)9(15)5-14-10(16)6-2-3-8(13)7(12)4-6/h2-4,9,15H,5,13H2,1H3,(H,14,16). The molecular weight excluding hydrogens is 243 g/mol. The van der Waals surface area contributed by atoms with Crippen molar-refractivity contribution in [2.75, 3.05) is 19.4 Å². The van der Waals surface area contributed by atoms with Crippen molar-refractivity contribution in [3.63, 3.8) is 0 Å². The third-order valence-corrected chi connectivity index (χ3v) is 2.19. The summed E-state index contributed by atoms with van der Waals surface area (Å²) in [5, 5.41) is 11.5. The summed E-state index contributed by atoms with van der Waals surface area (Å²) in [6.07, 6.45) is -1.46. The van der Waals surface area contributed by atoms with Gasteiger partial charge in [0.15, 0.2) is 6.10 Å². The van der Waals surface area contributed by atoms with E-state index in [-0.39, 0.29) is 17.8 Å². The minimum absolute atomic E-state index is 0.0405. The van der Waals surface area contributed by atoms with Crippen LogP contribution in [0.2, 0.25) is 0 Å². The van der Waals surface area contributed by atoms with Crippen molar-refractivity contribution in [3.8, 4) is 0 Å². The average molecular weight is 256 g/mol. The molecule has 1 amide bonds. The van der Waals surface area contributed by atoms with Gasteiger partial charge in [0.05, 0.1) is 19.3 Å². The van der Waals surface area contributed by atoms with Crippen LogP contribution in [0.25, 0.3) is 0 Å². The number of aliphatic hydroxyl groups is 1. The summed E-state index contributed by atoms with van der Waals surface area (Å²) in [4.78, 5) is 22.4. The van der Waals surface area contributed by atoms with Gasteiger partial charge in [-0.1, -0.05) is 0 Å². The van der Waals surface area contributed by atoms with E-state index in [1.54, 1.807) is 0 Å². The molecule has 0 saturated carbocycles. The second-order valence-corrected chi connectivity index (χ2v) is 3.49. The molecule has 1 rings (SSSR count). The topological polar surface area (TPSA) is 102 Å². The van der Waals surface area contributed by atoms with Crippen LogP contribution in [-0.2, 0) is 9.53 Å². The number of rotatable bonds is 4. The fourth-order valence-corrected chi connectivity index (χ4v) is 1.18. The largest absolute Gasteiger partial charge is 0.467 e. The molecule has 6 nitrogen and oxygen atoms in total. The van der Waals surface area contributed by atoms with Crippen LogP contribution >= 0.6 is 0 Å². The van der Waals surface area contributed by atoms with Crippen molar-refractivity contribution in [3.05, 3.63) is 29.6 Å². The van der Waals surface area contributed by atoms with Crippen molar-refractivity contribution in [2.45, 2.75) is 6.10 Å². The van der Waals surface area contributed by atoms with Gasteiger partial charge in [-0.2, -0.15) is 0 Å². The van der Waals surface area contributed by atoms with Crippen molar-refractivity contribution in [1.29, 1.82) is 0 Å². The Balaban J connectivity index is 2.60. The van der Waals surface area contributed by atoms with Crippen LogP contribution in [-0.4, -0.2) is 36.7 Å². The predicted molar refractivity (Wildman–Crippen MR) is 61.2 cm³/mol. The summed E-state index contributed by atoms with van der Waals surface area (Å²) in [6.45, 7) is -0.322. The number of benzene rings is 1. The molecule has 0 bridgehead atoms. The van der Waals surface area contributed by atoms with E-state index < -0.39 is 23.8 Å². The molecule has 0 aliphatic heterocycles. The zero-order valence-corrected chi connectivity index (χ0v) is 9.64. The van der Waals surface area contributed by atoms with Gasteiger partial charge in [0.25, 0.3) is 5.91 Å². The zero-order valence-electron chi connectivity index (χ0n) is 9.64. The molecule has 0 radical (unpaired) electrons. The first-order valence-electron chi connectivity index (χ1n) is 5.04. The number of anilines is 1. The zero-order chi connectivity index (χ0) is 13.7.